The van der Waals surface area contributed by atoms with Crippen molar-refractivity contribution in [1.82, 2.24) is 19.0 Å². The van der Waals surface area contributed by atoms with Gasteiger partial charge in [0.05, 0.1) is 5.69 Å². The molecule has 0 aliphatic rings. The van der Waals surface area contributed by atoms with Gasteiger partial charge >= 0.3 is 0 Å². The Labute approximate surface area is 93.5 Å². The predicted octanol–water partition coefficient (Wildman–Crippen LogP) is 1.35. The molecule has 0 aliphatic heterocycles. The number of nitrogens with two attached hydrogens (primary N) is 1. The Hall–Kier alpha value is -0.880. The Morgan fingerprint density at radius 1 is 1.50 bits per heavy atom. The third kappa shape index (κ3) is 1.55. The number of hydrogen-bond acceptors (Lipinski definition) is 4. The Balaban J connectivity index is 2.68. The van der Waals surface area contributed by atoms with Gasteiger partial charge in [0.1, 0.15) is 11.8 Å². The van der Waals surface area contributed by atoms with Crippen LogP contribution in [0.3, 0.4) is 0 Å². The molecule has 0 unspecified atom stereocenters. The molecule has 2 heterocycles. The van der Waals surface area contributed by atoms with Gasteiger partial charge in [0.2, 0.25) is 5.95 Å². The topological polar surface area (TPSA) is 69.6 Å². The second kappa shape index (κ2) is 3.70. The van der Waals surface area contributed by atoms with Crippen LogP contribution in [-0.4, -0.2) is 24.4 Å². The fourth-order valence-electron chi connectivity index (χ4n) is 1.21. The molecular formula is C7H7BrClN5. The summed E-state index contributed by atoms with van der Waals surface area (Å²) in [6, 6.07) is 0. The van der Waals surface area contributed by atoms with E-state index in [9.17, 15) is 0 Å². The van der Waals surface area contributed by atoms with E-state index in [0.29, 0.717) is 11.2 Å². The second-order valence-electron chi connectivity index (χ2n) is 2.70. The number of rotatable bonds is 2. The molecule has 2 aromatic heterocycles. The van der Waals surface area contributed by atoms with Crippen molar-refractivity contribution < 1.29 is 0 Å². The molecule has 2 aromatic rings. The molecule has 14 heavy (non-hydrogen) atoms. The van der Waals surface area contributed by atoms with Gasteiger partial charge in [-0.05, 0) is 0 Å². The maximum absolute atomic E-state index is 5.81. The van der Waals surface area contributed by atoms with Gasteiger partial charge in [0, 0.05) is 23.5 Å². The first-order valence-electron chi connectivity index (χ1n) is 3.94. The van der Waals surface area contributed by atoms with Gasteiger partial charge in [0.15, 0.2) is 5.65 Å². The first-order valence-corrected chi connectivity index (χ1v) is 5.40. The van der Waals surface area contributed by atoms with Crippen molar-refractivity contribution in [2.75, 3.05) is 11.1 Å². The highest BCUT2D eigenvalue weighted by molar-refractivity contribution is 9.09. The van der Waals surface area contributed by atoms with E-state index >= 15 is 0 Å². The molecule has 0 atom stereocenters. The Bertz CT molecular complexity index is 468. The van der Waals surface area contributed by atoms with Crippen molar-refractivity contribution in [3.05, 3.63) is 12.0 Å². The normalized spacial score (nSPS) is 11.0. The zero-order valence-corrected chi connectivity index (χ0v) is 9.46. The maximum Gasteiger partial charge on any atom is 0.222 e. The molecule has 0 spiro atoms. The van der Waals surface area contributed by atoms with Crippen LogP contribution >= 0.6 is 27.7 Å². The number of imidazole rings is 1. The van der Waals surface area contributed by atoms with Crippen LogP contribution in [-0.2, 0) is 6.42 Å². The van der Waals surface area contributed by atoms with Gasteiger partial charge in [-0.2, -0.15) is 4.98 Å². The smallest absolute Gasteiger partial charge is 0.222 e. The van der Waals surface area contributed by atoms with E-state index in [1.807, 2.05) is 0 Å². The van der Waals surface area contributed by atoms with E-state index in [0.717, 1.165) is 17.4 Å². The number of nitrogen functional groups attached to an aromatic ring is 1. The van der Waals surface area contributed by atoms with Gasteiger partial charge < -0.3 is 5.73 Å². The molecule has 5 nitrogen and oxygen atoms in total. The van der Waals surface area contributed by atoms with Crippen LogP contribution in [0.1, 0.15) is 5.69 Å². The molecule has 0 saturated heterocycles. The van der Waals surface area contributed by atoms with E-state index in [2.05, 4.69) is 30.9 Å². The van der Waals surface area contributed by atoms with E-state index in [-0.39, 0.29) is 5.95 Å². The van der Waals surface area contributed by atoms with Gasteiger partial charge in [-0.1, -0.05) is 15.9 Å². The van der Waals surface area contributed by atoms with E-state index in [4.69, 9.17) is 17.5 Å². The third-order valence-electron chi connectivity index (χ3n) is 1.78. The number of hydrogen-bond donors (Lipinski definition) is 1. The summed E-state index contributed by atoms with van der Waals surface area (Å²) in [5.41, 5.74) is 7.61. The highest BCUT2D eigenvalue weighted by Crippen LogP contribution is 2.16. The van der Waals surface area contributed by atoms with Crippen LogP contribution in [0.4, 0.5) is 5.95 Å². The summed E-state index contributed by atoms with van der Waals surface area (Å²) in [5.74, 6) is 0.218. The van der Waals surface area contributed by atoms with Gasteiger partial charge in [-0.15, -0.1) is 0 Å². The Kier molecular flexibility index (Phi) is 2.56. The lowest BCUT2D eigenvalue weighted by molar-refractivity contribution is 1.04. The summed E-state index contributed by atoms with van der Waals surface area (Å²) in [7, 11) is 0. The number of anilines is 1. The van der Waals surface area contributed by atoms with Gasteiger partial charge in [-0.3, -0.25) is 0 Å². The van der Waals surface area contributed by atoms with Crippen LogP contribution in [0.25, 0.3) is 11.2 Å². The standard InChI is InChI=1S/C7H7BrClN5/c8-2-1-4-5-6(13-7(10)12-4)14(9)3-11-5/h3H,1-2H2,(H2,10,12,13). The van der Waals surface area contributed by atoms with Crippen LogP contribution in [0.5, 0.6) is 0 Å². The monoisotopic (exact) mass is 275 g/mol. The molecule has 74 valence electrons. The van der Waals surface area contributed by atoms with Crippen molar-refractivity contribution in [3.63, 3.8) is 0 Å². The van der Waals surface area contributed by atoms with Crippen molar-refractivity contribution >= 4 is 44.8 Å². The van der Waals surface area contributed by atoms with Crippen LogP contribution < -0.4 is 5.73 Å². The minimum Gasteiger partial charge on any atom is -0.368 e. The summed E-state index contributed by atoms with van der Waals surface area (Å²) in [4.78, 5) is 12.2. The summed E-state index contributed by atoms with van der Waals surface area (Å²) in [5, 5.41) is 0.799. The molecule has 0 radical (unpaired) electrons. The molecular weight excluding hydrogens is 269 g/mol. The first-order chi connectivity index (χ1) is 6.72. The number of aromatic nitrogens is 4. The highest BCUT2D eigenvalue weighted by Gasteiger charge is 2.10. The fourth-order valence-corrected chi connectivity index (χ4v) is 1.75. The summed E-state index contributed by atoms with van der Waals surface area (Å²) >= 11 is 9.15. The van der Waals surface area contributed by atoms with E-state index in [1.165, 1.54) is 10.4 Å². The molecule has 0 aliphatic carbocycles. The number of alkyl halides is 1. The van der Waals surface area contributed by atoms with Crippen molar-refractivity contribution in [2.24, 2.45) is 0 Å². The van der Waals surface area contributed by atoms with E-state index < -0.39 is 0 Å². The van der Waals surface area contributed by atoms with Gasteiger partial charge in [-0.25, -0.2) is 14.1 Å². The van der Waals surface area contributed by atoms with Crippen LogP contribution in [0.15, 0.2) is 6.33 Å². The summed E-state index contributed by atoms with van der Waals surface area (Å²) in [6.07, 6.45) is 2.23. The van der Waals surface area contributed by atoms with Crippen molar-refractivity contribution in [3.8, 4) is 0 Å². The molecule has 0 fully saturated rings. The number of aryl methyl sites for hydroxylation is 1. The second-order valence-corrected chi connectivity index (χ2v) is 3.85. The van der Waals surface area contributed by atoms with E-state index in [1.54, 1.807) is 0 Å². The minimum absolute atomic E-state index is 0.218. The molecule has 0 amide bonds. The average Bonchev–Trinajstić information content (AvgIpc) is 2.49. The molecule has 2 N–H and O–H groups in total. The molecule has 0 bridgehead atoms. The largest absolute Gasteiger partial charge is 0.368 e. The molecule has 2 rings (SSSR count). The zero-order chi connectivity index (χ0) is 10.1. The third-order valence-corrected chi connectivity index (χ3v) is 2.42. The lowest BCUT2D eigenvalue weighted by Gasteiger charge is -2.00. The van der Waals surface area contributed by atoms with Crippen molar-refractivity contribution in [2.45, 2.75) is 6.42 Å². The maximum atomic E-state index is 5.81. The average molecular weight is 277 g/mol. The number of halogens is 2. The lowest BCUT2D eigenvalue weighted by atomic mass is 10.3. The number of fused-ring (bicyclic) bond motifs is 1. The minimum atomic E-state index is 0.218. The van der Waals surface area contributed by atoms with Crippen LogP contribution in [0, 0.1) is 0 Å². The summed E-state index contributed by atoms with van der Waals surface area (Å²) in [6.45, 7) is 0. The lowest BCUT2D eigenvalue weighted by Crippen LogP contribution is -2.01. The Morgan fingerprint density at radius 2 is 2.29 bits per heavy atom. The Morgan fingerprint density at radius 3 is 3.00 bits per heavy atom. The van der Waals surface area contributed by atoms with Gasteiger partial charge in [0.25, 0.3) is 0 Å². The fraction of sp³-hybridized carbons (Fsp3) is 0.286. The summed E-state index contributed by atoms with van der Waals surface area (Å²) < 4.78 is 1.31. The molecule has 0 aromatic carbocycles. The quantitative estimate of drug-likeness (QED) is 0.841. The van der Waals surface area contributed by atoms with Crippen molar-refractivity contribution in [1.29, 1.82) is 0 Å². The molecule has 7 heteroatoms. The predicted molar refractivity (Wildman–Crippen MR) is 58.5 cm³/mol. The van der Waals surface area contributed by atoms with Crippen LogP contribution in [0.2, 0.25) is 0 Å². The zero-order valence-electron chi connectivity index (χ0n) is 7.11. The highest BCUT2D eigenvalue weighted by atomic mass is 79.9. The SMILES string of the molecule is Nc1nc(CCBr)c2ncn(Cl)c2n1. The first kappa shape index (κ1) is 9.67. The molecule has 0 saturated carbocycles. The number of nitrogens with zero attached hydrogens (tertiary/aromatic N) is 4.